The van der Waals surface area contributed by atoms with E-state index in [2.05, 4.69) is 15.2 Å². The summed E-state index contributed by atoms with van der Waals surface area (Å²) in [7, 11) is -3.04. The average molecular weight is 374 g/mol. The first-order chi connectivity index (χ1) is 12.3. The van der Waals surface area contributed by atoms with Crippen LogP contribution < -0.4 is 4.90 Å². The third kappa shape index (κ3) is 2.94. The number of H-pyrrole nitrogens is 1. The van der Waals surface area contributed by atoms with Gasteiger partial charge in [-0.05, 0) is 19.1 Å². The molecule has 2 atom stereocenters. The molecule has 1 N–H and O–H groups in total. The molecule has 2 aromatic heterocycles. The number of aromatic amines is 1. The van der Waals surface area contributed by atoms with E-state index in [-0.39, 0.29) is 23.5 Å². The number of fused-ring (bicyclic) bond motifs is 1. The molecule has 0 saturated carbocycles. The van der Waals surface area contributed by atoms with Crippen molar-refractivity contribution in [2.75, 3.05) is 23.5 Å². The van der Waals surface area contributed by atoms with Gasteiger partial charge in [0.15, 0.2) is 11.6 Å². The number of anilines is 1. The smallest absolute Gasteiger partial charge is 0.166 e. The monoisotopic (exact) mass is 374 g/mol. The highest BCUT2D eigenvalue weighted by Gasteiger charge is 2.39. The quantitative estimate of drug-likeness (QED) is 0.759. The molecule has 0 aliphatic carbocycles. The highest BCUT2D eigenvalue weighted by molar-refractivity contribution is 7.90. The minimum atomic E-state index is -3.04. The Labute approximate surface area is 151 Å². The summed E-state index contributed by atoms with van der Waals surface area (Å²) >= 11 is 0. The molecule has 1 fully saturated rings. The highest BCUT2D eigenvalue weighted by Crippen LogP contribution is 2.34. The van der Waals surface area contributed by atoms with Crippen LogP contribution in [0.2, 0.25) is 0 Å². The van der Waals surface area contributed by atoms with Gasteiger partial charge in [-0.25, -0.2) is 17.8 Å². The summed E-state index contributed by atoms with van der Waals surface area (Å²) < 4.78 is 37.6. The molecular formula is C18H19FN4O2S. The molecule has 136 valence electrons. The van der Waals surface area contributed by atoms with E-state index in [9.17, 15) is 12.8 Å². The van der Waals surface area contributed by atoms with E-state index in [0.717, 1.165) is 10.9 Å². The van der Waals surface area contributed by atoms with Crippen LogP contribution in [0.4, 0.5) is 10.2 Å². The number of nitrogens with zero attached hydrogens (tertiary/aromatic N) is 3. The number of rotatable bonds is 4. The Morgan fingerprint density at radius 1 is 1.35 bits per heavy atom. The van der Waals surface area contributed by atoms with E-state index in [1.54, 1.807) is 11.1 Å². The summed E-state index contributed by atoms with van der Waals surface area (Å²) in [6.07, 6.45) is 2.84. The van der Waals surface area contributed by atoms with Gasteiger partial charge in [0.25, 0.3) is 0 Å². The number of hydrogen-bond acceptors (Lipinski definition) is 5. The zero-order valence-corrected chi connectivity index (χ0v) is 15.3. The van der Waals surface area contributed by atoms with E-state index in [0.29, 0.717) is 17.8 Å². The number of halogens is 1. The number of nitrogens with one attached hydrogen (secondary N) is 1. The van der Waals surface area contributed by atoms with Gasteiger partial charge in [-0.15, -0.1) is 0 Å². The number of benzene rings is 1. The van der Waals surface area contributed by atoms with Crippen molar-refractivity contribution >= 4 is 26.6 Å². The number of aromatic nitrogens is 3. The van der Waals surface area contributed by atoms with Crippen molar-refractivity contribution in [2.45, 2.75) is 13.0 Å². The number of hydrogen-bond donors (Lipinski definition) is 1. The van der Waals surface area contributed by atoms with Gasteiger partial charge in [0.1, 0.15) is 15.5 Å². The normalized spacial score (nSPS) is 20.3. The van der Waals surface area contributed by atoms with Crippen molar-refractivity contribution < 1.29 is 12.8 Å². The van der Waals surface area contributed by atoms with Crippen molar-refractivity contribution in [1.82, 2.24) is 15.2 Å². The zero-order valence-electron chi connectivity index (χ0n) is 14.5. The summed E-state index contributed by atoms with van der Waals surface area (Å²) in [5.74, 6) is -0.0601. The maximum Gasteiger partial charge on any atom is 0.166 e. The summed E-state index contributed by atoms with van der Waals surface area (Å²) in [6.45, 7) is 2.39. The largest absolute Gasteiger partial charge is 0.351 e. The van der Waals surface area contributed by atoms with Crippen molar-refractivity contribution in [3.63, 3.8) is 0 Å². The van der Waals surface area contributed by atoms with E-state index in [1.165, 1.54) is 12.3 Å². The van der Waals surface area contributed by atoms with Crippen LogP contribution in [0.15, 0.2) is 36.5 Å². The molecule has 1 aliphatic heterocycles. The summed E-state index contributed by atoms with van der Waals surface area (Å²) in [5.41, 5.74) is 2.14. The van der Waals surface area contributed by atoms with Crippen molar-refractivity contribution in [3.8, 4) is 11.3 Å². The van der Waals surface area contributed by atoms with Crippen molar-refractivity contribution in [2.24, 2.45) is 5.92 Å². The third-order valence-electron chi connectivity index (χ3n) is 4.96. The first-order valence-corrected chi connectivity index (χ1v) is 10.4. The van der Waals surface area contributed by atoms with Gasteiger partial charge in [-0.1, -0.05) is 18.2 Å². The molecule has 6 nitrogen and oxygen atoms in total. The minimum Gasteiger partial charge on any atom is -0.351 e. The first-order valence-electron chi connectivity index (χ1n) is 8.37. The minimum absolute atomic E-state index is 0.00107. The molecule has 3 heterocycles. The van der Waals surface area contributed by atoms with Crippen LogP contribution >= 0.6 is 0 Å². The molecule has 0 amide bonds. The molecule has 8 heteroatoms. The van der Waals surface area contributed by atoms with Crippen molar-refractivity contribution in [1.29, 1.82) is 0 Å². The maximum absolute atomic E-state index is 14.7. The molecule has 26 heavy (non-hydrogen) atoms. The van der Waals surface area contributed by atoms with E-state index in [4.69, 9.17) is 0 Å². The Hall–Kier alpha value is -2.48. The zero-order chi connectivity index (χ0) is 18.5. The molecule has 1 aliphatic rings. The Kier molecular flexibility index (Phi) is 3.95. The molecule has 1 aromatic carbocycles. The van der Waals surface area contributed by atoms with Gasteiger partial charge in [0.05, 0.1) is 11.3 Å². The lowest BCUT2D eigenvalue weighted by Crippen LogP contribution is -2.57. The van der Waals surface area contributed by atoms with Gasteiger partial charge in [0, 0.05) is 41.9 Å². The fourth-order valence-corrected chi connectivity index (χ4v) is 4.66. The second-order valence-electron chi connectivity index (χ2n) is 6.89. The van der Waals surface area contributed by atoms with E-state index < -0.39 is 15.7 Å². The summed E-state index contributed by atoms with van der Waals surface area (Å²) in [4.78, 5) is 6.10. The molecule has 0 spiro atoms. The van der Waals surface area contributed by atoms with Crippen LogP contribution in [-0.2, 0) is 9.84 Å². The lowest BCUT2D eigenvalue weighted by atomic mass is 9.91. The first kappa shape index (κ1) is 17.0. The lowest BCUT2D eigenvalue weighted by Gasteiger charge is -2.47. The van der Waals surface area contributed by atoms with Crippen LogP contribution in [-0.4, -0.2) is 48.2 Å². The molecule has 0 radical (unpaired) electrons. The predicted octanol–water partition coefficient (Wildman–Crippen LogP) is 2.63. The van der Waals surface area contributed by atoms with Crippen LogP contribution in [0.5, 0.6) is 0 Å². The second-order valence-corrected chi connectivity index (χ2v) is 9.08. The number of pyridine rings is 1. The van der Waals surface area contributed by atoms with Crippen LogP contribution in [0.3, 0.4) is 0 Å². The highest BCUT2D eigenvalue weighted by atomic mass is 32.2. The van der Waals surface area contributed by atoms with Gasteiger partial charge in [0.2, 0.25) is 0 Å². The molecule has 0 bridgehead atoms. The van der Waals surface area contributed by atoms with E-state index in [1.807, 2.05) is 31.2 Å². The maximum atomic E-state index is 14.7. The fourth-order valence-electron chi connectivity index (χ4n) is 3.50. The van der Waals surface area contributed by atoms with Crippen LogP contribution in [0.25, 0.3) is 22.2 Å². The number of para-hydroxylation sites is 1. The molecule has 0 unspecified atom stereocenters. The number of sulfone groups is 1. The predicted molar refractivity (Wildman–Crippen MR) is 99.3 cm³/mol. The summed E-state index contributed by atoms with van der Waals surface area (Å²) in [6, 6.07) is 9.01. The average Bonchev–Trinajstić information content (AvgIpc) is 3.02. The van der Waals surface area contributed by atoms with Crippen molar-refractivity contribution in [3.05, 3.63) is 42.3 Å². The molecule has 4 rings (SSSR count). The van der Waals surface area contributed by atoms with Crippen LogP contribution in [0.1, 0.15) is 6.92 Å². The standard InChI is InChI=1S/C18H19FN4O2S/c1-11-13(10-26(2,24)25)9-23(11)18-15(19)7-12(8-20-18)17-14-5-3-4-6-16(14)21-22-17/h3-8,11,13H,9-10H2,1-2H3,(H,21,22)/t11-,13-/m0/s1. The summed E-state index contributed by atoms with van der Waals surface area (Å²) in [5, 5.41) is 8.11. The van der Waals surface area contributed by atoms with Gasteiger partial charge in [-0.2, -0.15) is 5.10 Å². The molecule has 3 aromatic rings. The van der Waals surface area contributed by atoms with Crippen LogP contribution in [0, 0.1) is 11.7 Å². The molecule has 1 saturated heterocycles. The van der Waals surface area contributed by atoms with Gasteiger partial charge < -0.3 is 4.90 Å². The lowest BCUT2D eigenvalue weighted by molar-refractivity contribution is 0.333. The molecular weight excluding hydrogens is 355 g/mol. The topological polar surface area (TPSA) is 79.0 Å². The van der Waals surface area contributed by atoms with Gasteiger partial charge >= 0.3 is 0 Å². The van der Waals surface area contributed by atoms with E-state index >= 15 is 0 Å². The fraction of sp³-hybridized carbons (Fsp3) is 0.333. The van der Waals surface area contributed by atoms with Gasteiger partial charge in [-0.3, -0.25) is 5.10 Å². The Bertz CT molecular complexity index is 1080. The third-order valence-corrected chi connectivity index (χ3v) is 5.99. The Morgan fingerprint density at radius 3 is 2.81 bits per heavy atom. The Balaban J connectivity index is 1.60. The Morgan fingerprint density at radius 2 is 2.12 bits per heavy atom. The SMILES string of the molecule is C[C@H]1[C@H](CS(C)(=O)=O)CN1c1ncc(-c2n[nH]c3ccccc23)cc1F. The second kappa shape index (κ2) is 6.05.